The van der Waals surface area contributed by atoms with Gasteiger partial charge in [0.15, 0.2) is 0 Å². The highest BCUT2D eigenvalue weighted by Gasteiger charge is 2.15. The fraction of sp³-hybridized carbons (Fsp3) is 0.250. The monoisotopic (exact) mass is 283 g/mol. The lowest BCUT2D eigenvalue weighted by Gasteiger charge is -2.07. The Balaban J connectivity index is 2.10. The Morgan fingerprint density at radius 1 is 1.33 bits per heavy atom. The van der Waals surface area contributed by atoms with Crippen LogP contribution in [0.1, 0.15) is 28.7 Å². The minimum atomic E-state index is -0.898. The summed E-state index contributed by atoms with van der Waals surface area (Å²) in [4.78, 5) is 11.4. The number of carboxylic acids is 1. The number of aromatic carboxylic acids is 1. The third-order valence-corrected chi connectivity index (χ3v) is 3.64. The first-order valence-corrected chi connectivity index (χ1v) is 6.94. The van der Waals surface area contributed by atoms with Crippen LogP contribution in [0.3, 0.4) is 0 Å². The summed E-state index contributed by atoms with van der Waals surface area (Å²) < 4.78 is 3.92. The van der Waals surface area contributed by atoms with Crippen LogP contribution in [0.5, 0.6) is 0 Å². The van der Waals surface area contributed by atoms with E-state index >= 15 is 0 Å². The van der Waals surface area contributed by atoms with Crippen LogP contribution >= 0.6 is 0 Å². The third-order valence-electron chi connectivity index (χ3n) is 3.64. The van der Waals surface area contributed by atoms with E-state index in [0.29, 0.717) is 12.1 Å². The summed E-state index contributed by atoms with van der Waals surface area (Å²) in [5, 5.41) is 14.5. The summed E-state index contributed by atoms with van der Waals surface area (Å²) in [6.07, 6.45) is 1.70. The molecule has 0 fully saturated rings. The van der Waals surface area contributed by atoms with E-state index in [4.69, 9.17) is 0 Å². The fourth-order valence-electron chi connectivity index (χ4n) is 2.72. The van der Waals surface area contributed by atoms with Crippen molar-refractivity contribution in [3.63, 3.8) is 0 Å². The number of para-hydroxylation sites is 1. The number of aryl methyl sites for hydroxylation is 2. The zero-order valence-electron chi connectivity index (χ0n) is 12.1. The second-order valence-electron chi connectivity index (χ2n) is 5.09. The van der Waals surface area contributed by atoms with E-state index in [0.717, 1.165) is 28.8 Å². The van der Waals surface area contributed by atoms with Crippen molar-refractivity contribution in [1.29, 1.82) is 0 Å². The van der Waals surface area contributed by atoms with Gasteiger partial charge in [-0.05, 0) is 26.0 Å². The Kier molecular flexibility index (Phi) is 3.25. The number of hydrogen-bond acceptors (Lipinski definition) is 2. The van der Waals surface area contributed by atoms with Crippen molar-refractivity contribution in [3.8, 4) is 0 Å². The van der Waals surface area contributed by atoms with Gasteiger partial charge in [-0.1, -0.05) is 18.2 Å². The first kappa shape index (κ1) is 13.4. The van der Waals surface area contributed by atoms with Gasteiger partial charge in [0.25, 0.3) is 0 Å². The average Bonchev–Trinajstić information content (AvgIpc) is 3.00. The van der Waals surface area contributed by atoms with E-state index in [1.165, 1.54) is 0 Å². The van der Waals surface area contributed by atoms with Crippen LogP contribution in [-0.4, -0.2) is 25.4 Å². The van der Waals surface area contributed by atoms with Crippen molar-refractivity contribution in [3.05, 3.63) is 53.5 Å². The van der Waals surface area contributed by atoms with Crippen molar-refractivity contribution < 1.29 is 9.90 Å². The van der Waals surface area contributed by atoms with Crippen LogP contribution in [0.15, 0.2) is 36.5 Å². The Bertz CT molecular complexity index is 814. The van der Waals surface area contributed by atoms with Crippen LogP contribution in [-0.2, 0) is 13.1 Å². The molecule has 0 aliphatic carbocycles. The van der Waals surface area contributed by atoms with Gasteiger partial charge in [0.2, 0.25) is 0 Å². The lowest BCUT2D eigenvalue weighted by Crippen LogP contribution is -2.07. The van der Waals surface area contributed by atoms with Crippen LogP contribution in [0.25, 0.3) is 10.9 Å². The smallest absolute Gasteiger partial charge is 0.337 e. The molecule has 0 bridgehead atoms. The van der Waals surface area contributed by atoms with E-state index in [1.54, 1.807) is 6.20 Å². The van der Waals surface area contributed by atoms with Gasteiger partial charge in [0.05, 0.1) is 23.5 Å². The molecule has 0 amide bonds. The fourth-order valence-corrected chi connectivity index (χ4v) is 2.72. The molecule has 0 radical (unpaired) electrons. The molecule has 1 aromatic carbocycles. The molecule has 0 aliphatic heterocycles. The molecule has 0 saturated heterocycles. The molecule has 0 unspecified atom stereocenters. The molecule has 5 nitrogen and oxygen atoms in total. The lowest BCUT2D eigenvalue weighted by molar-refractivity contribution is 0.0699. The summed E-state index contributed by atoms with van der Waals surface area (Å²) in [6, 6.07) is 9.62. The predicted molar refractivity (Wildman–Crippen MR) is 80.6 cm³/mol. The number of fused-ring (bicyclic) bond motifs is 1. The molecule has 0 atom stereocenters. The van der Waals surface area contributed by atoms with Gasteiger partial charge < -0.3 is 9.67 Å². The minimum absolute atomic E-state index is 0.338. The zero-order valence-corrected chi connectivity index (χ0v) is 12.1. The largest absolute Gasteiger partial charge is 0.478 e. The molecule has 3 rings (SSSR count). The molecule has 0 aliphatic rings. The average molecular weight is 283 g/mol. The quantitative estimate of drug-likeness (QED) is 0.801. The SMILES string of the molecule is CCn1nc(C)cc1Cn1cc(C(=O)O)c2ccccc21. The molecular weight excluding hydrogens is 266 g/mol. The summed E-state index contributed by atoms with van der Waals surface area (Å²) in [5.74, 6) is -0.898. The van der Waals surface area contributed by atoms with Gasteiger partial charge in [-0.25, -0.2) is 4.79 Å². The Labute approximate surface area is 122 Å². The van der Waals surface area contributed by atoms with E-state index in [2.05, 4.69) is 5.10 Å². The van der Waals surface area contributed by atoms with Gasteiger partial charge in [-0.2, -0.15) is 5.10 Å². The summed E-state index contributed by atoms with van der Waals surface area (Å²) >= 11 is 0. The maximum absolute atomic E-state index is 11.4. The van der Waals surface area contributed by atoms with Crippen LogP contribution < -0.4 is 0 Å². The lowest BCUT2D eigenvalue weighted by atomic mass is 10.2. The van der Waals surface area contributed by atoms with Gasteiger partial charge in [0, 0.05) is 23.6 Å². The highest BCUT2D eigenvalue weighted by atomic mass is 16.4. The molecular formula is C16H17N3O2. The van der Waals surface area contributed by atoms with Crippen molar-refractivity contribution in [2.45, 2.75) is 26.9 Å². The summed E-state index contributed by atoms with van der Waals surface area (Å²) in [5.41, 5.74) is 3.32. The second kappa shape index (κ2) is 5.09. The van der Waals surface area contributed by atoms with Gasteiger partial charge in [-0.3, -0.25) is 4.68 Å². The Hall–Kier alpha value is -2.56. The number of benzene rings is 1. The van der Waals surface area contributed by atoms with Gasteiger partial charge in [0.1, 0.15) is 0 Å². The zero-order chi connectivity index (χ0) is 15.0. The topological polar surface area (TPSA) is 60.0 Å². The maximum atomic E-state index is 11.4. The molecule has 5 heteroatoms. The second-order valence-corrected chi connectivity index (χ2v) is 5.09. The number of carboxylic acid groups (broad SMARTS) is 1. The number of carbonyl (C=O) groups is 1. The standard InChI is InChI=1S/C16H17N3O2/c1-3-19-12(8-11(2)17-19)9-18-10-14(16(20)21)13-6-4-5-7-15(13)18/h4-8,10H,3,9H2,1-2H3,(H,20,21). The highest BCUT2D eigenvalue weighted by Crippen LogP contribution is 2.22. The number of rotatable bonds is 4. The van der Waals surface area contributed by atoms with Crippen LogP contribution in [0.2, 0.25) is 0 Å². The van der Waals surface area contributed by atoms with Gasteiger partial charge >= 0.3 is 5.97 Å². The number of nitrogens with zero attached hydrogens (tertiary/aromatic N) is 3. The molecule has 1 N–H and O–H groups in total. The molecule has 2 heterocycles. The first-order chi connectivity index (χ1) is 10.1. The van der Waals surface area contributed by atoms with Gasteiger partial charge in [-0.15, -0.1) is 0 Å². The van der Waals surface area contributed by atoms with Crippen molar-refractivity contribution in [2.24, 2.45) is 0 Å². The highest BCUT2D eigenvalue weighted by molar-refractivity contribution is 6.03. The maximum Gasteiger partial charge on any atom is 0.337 e. The van der Waals surface area contributed by atoms with E-state index < -0.39 is 5.97 Å². The molecule has 0 saturated carbocycles. The minimum Gasteiger partial charge on any atom is -0.478 e. The molecule has 108 valence electrons. The van der Waals surface area contributed by atoms with Crippen molar-refractivity contribution in [2.75, 3.05) is 0 Å². The first-order valence-electron chi connectivity index (χ1n) is 6.94. The number of aromatic nitrogens is 3. The van der Waals surface area contributed by atoms with E-state index in [1.807, 2.05) is 53.4 Å². The Morgan fingerprint density at radius 2 is 2.10 bits per heavy atom. The molecule has 3 aromatic rings. The van der Waals surface area contributed by atoms with Crippen LogP contribution in [0.4, 0.5) is 0 Å². The van der Waals surface area contributed by atoms with E-state index in [9.17, 15) is 9.90 Å². The summed E-state index contributed by atoms with van der Waals surface area (Å²) in [7, 11) is 0. The number of hydrogen-bond donors (Lipinski definition) is 1. The molecule has 2 aromatic heterocycles. The summed E-state index contributed by atoms with van der Waals surface area (Å²) in [6.45, 7) is 5.43. The normalized spacial score (nSPS) is 11.1. The van der Waals surface area contributed by atoms with Crippen molar-refractivity contribution >= 4 is 16.9 Å². The van der Waals surface area contributed by atoms with Crippen LogP contribution in [0, 0.1) is 6.92 Å². The Morgan fingerprint density at radius 3 is 2.81 bits per heavy atom. The third kappa shape index (κ3) is 2.31. The van der Waals surface area contributed by atoms with Crippen molar-refractivity contribution in [1.82, 2.24) is 14.3 Å². The molecule has 0 spiro atoms. The predicted octanol–water partition coefficient (Wildman–Crippen LogP) is 2.91. The van der Waals surface area contributed by atoms with E-state index in [-0.39, 0.29) is 0 Å². The molecule has 21 heavy (non-hydrogen) atoms.